The lowest BCUT2D eigenvalue weighted by molar-refractivity contribution is -0.312. The van der Waals surface area contributed by atoms with E-state index < -0.39 is 30.3 Å². The Bertz CT molecular complexity index is 296. The monoisotopic (exact) mass is 275 g/mol. The first-order chi connectivity index (χ1) is 8.10. The molecule has 18 heavy (non-hydrogen) atoms. The lowest BCUT2D eigenvalue weighted by Gasteiger charge is -2.34. The highest BCUT2D eigenvalue weighted by atomic mass is 19.4. The van der Waals surface area contributed by atoms with Gasteiger partial charge < -0.3 is 5.11 Å². The molecule has 4 unspecified atom stereocenters. The van der Waals surface area contributed by atoms with Gasteiger partial charge in [0.1, 0.15) is 0 Å². The number of aliphatic hydroxyl groups is 1. The predicted octanol–water partition coefficient (Wildman–Crippen LogP) is 3.34. The Balaban J connectivity index is 2.16. The van der Waals surface area contributed by atoms with Gasteiger partial charge in [-0.1, -0.05) is 0 Å². The van der Waals surface area contributed by atoms with E-state index in [0.717, 1.165) is 0 Å². The zero-order valence-corrected chi connectivity index (χ0v) is 9.30. The van der Waals surface area contributed by atoms with E-state index in [1.54, 1.807) is 0 Å². The van der Waals surface area contributed by atoms with E-state index in [9.17, 15) is 31.4 Å². The molecule has 2 rings (SSSR count). The molecule has 1 radical (unpaired) electrons. The average molecular weight is 275 g/mol. The summed E-state index contributed by atoms with van der Waals surface area (Å²) in [4.78, 5) is 0. The van der Waals surface area contributed by atoms with E-state index in [2.05, 4.69) is 0 Å². The van der Waals surface area contributed by atoms with Crippen LogP contribution in [0.1, 0.15) is 19.3 Å². The Kier molecular flexibility index (Phi) is 3.32. The summed E-state index contributed by atoms with van der Waals surface area (Å²) in [6.07, 6.45) is -10.0. The van der Waals surface area contributed by atoms with Gasteiger partial charge in [0.25, 0.3) is 0 Å². The standard InChI is InChI=1S/C11H13F6O/c12-10(13,14)9(11(15,16)17)8(18)7-4-5-1-2-6(7)3-5/h1,5-9,18H,2-4H2. The van der Waals surface area contributed by atoms with Crippen molar-refractivity contribution in [3.63, 3.8) is 0 Å². The largest absolute Gasteiger partial charge is 0.403 e. The van der Waals surface area contributed by atoms with E-state index in [4.69, 9.17) is 0 Å². The van der Waals surface area contributed by atoms with Crippen molar-refractivity contribution in [3.05, 3.63) is 6.42 Å². The predicted molar refractivity (Wildman–Crippen MR) is 50.2 cm³/mol. The molecule has 0 heterocycles. The number of hydrogen-bond acceptors (Lipinski definition) is 1. The molecular formula is C11H13F6O. The molecule has 2 aliphatic rings. The fraction of sp³-hybridized carbons (Fsp3) is 0.909. The van der Waals surface area contributed by atoms with Crippen molar-refractivity contribution >= 4 is 0 Å². The number of alkyl halides is 6. The van der Waals surface area contributed by atoms with Gasteiger partial charge in [-0.3, -0.25) is 0 Å². The van der Waals surface area contributed by atoms with Crippen LogP contribution in [0.4, 0.5) is 26.3 Å². The molecule has 0 aromatic carbocycles. The molecule has 2 bridgehead atoms. The maximum atomic E-state index is 12.5. The molecule has 0 aliphatic heterocycles. The highest BCUT2D eigenvalue weighted by Gasteiger charge is 2.63. The topological polar surface area (TPSA) is 20.2 Å². The minimum absolute atomic E-state index is 0.0665. The SMILES string of the molecule is OC(C1CC2[CH]CC1C2)C(C(F)(F)F)C(F)(F)F. The zero-order valence-electron chi connectivity index (χ0n) is 9.30. The third kappa shape index (κ3) is 2.46. The average Bonchev–Trinajstić information content (AvgIpc) is 2.72. The van der Waals surface area contributed by atoms with Gasteiger partial charge in [0.2, 0.25) is 0 Å². The molecule has 0 spiro atoms. The van der Waals surface area contributed by atoms with Crippen LogP contribution in [0.3, 0.4) is 0 Å². The molecular weight excluding hydrogens is 262 g/mol. The van der Waals surface area contributed by atoms with Crippen LogP contribution in [0.25, 0.3) is 0 Å². The first-order valence-electron chi connectivity index (χ1n) is 5.75. The highest BCUT2D eigenvalue weighted by molar-refractivity contribution is 5.03. The number of rotatable bonds is 2. The number of aliphatic hydroxyl groups excluding tert-OH is 1. The summed E-state index contributed by atoms with van der Waals surface area (Å²) in [7, 11) is 0. The lowest BCUT2D eigenvalue weighted by atomic mass is 9.79. The van der Waals surface area contributed by atoms with Crippen LogP contribution in [-0.2, 0) is 0 Å². The first-order valence-corrected chi connectivity index (χ1v) is 5.75. The van der Waals surface area contributed by atoms with Crippen LogP contribution in [0.15, 0.2) is 0 Å². The molecule has 1 nitrogen and oxygen atoms in total. The second kappa shape index (κ2) is 4.28. The van der Waals surface area contributed by atoms with E-state index in [1.807, 2.05) is 6.42 Å². The Morgan fingerprint density at radius 3 is 1.89 bits per heavy atom. The van der Waals surface area contributed by atoms with Crippen LogP contribution in [0.2, 0.25) is 0 Å². The normalized spacial score (nSPS) is 34.3. The van der Waals surface area contributed by atoms with E-state index in [1.165, 1.54) is 0 Å². The lowest BCUT2D eigenvalue weighted by Crippen LogP contribution is -2.48. The van der Waals surface area contributed by atoms with Gasteiger partial charge in [-0.25, -0.2) is 0 Å². The second-order valence-corrected chi connectivity index (χ2v) is 5.18. The van der Waals surface area contributed by atoms with Crippen molar-refractivity contribution in [2.75, 3.05) is 0 Å². The summed E-state index contributed by atoms with van der Waals surface area (Å²) >= 11 is 0. The summed E-state index contributed by atoms with van der Waals surface area (Å²) in [5.74, 6) is -4.70. The van der Waals surface area contributed by atoms with Gasteiger partial charge in [-0.15, -0.1) is 0 Å². The van der Waals surface area contributed by atoms with Crippen molar-refractivity contribution in [2.45, 2.75) is 37.7 Å². The third-order valence-electron chi connectivity index (χ3n) is 4.04. The molecule has 4 atom stereocenters. The summed E-state index contributed by atoms with van der Waals surface area (Å²) in [5.41, 5.74) is 0. The second-order valence-electron chi connectivity index (χ2n) is 5.18. The van der Waals surface area contributed by atoms with E-state index >= 15 is 0 Å². The summed E-state index contributed by atoms with van der Waals surface area (Å²) in [5, 5.41) is 9.55. The van der Waals surface area contributed by atoms with Crippen LogP contribution in [-0.4, -0.2) is 23.6 Å². The molecule has 7 heteroatoms. The van der Waals surface area contributed by atoms with Crippen LogP contribution in [0, 0.1) is 30.1 Å². The Morgan fingerprint density at radius 2 is 1.56 bits per heavy atom. The van der Waals surface area contributed by atoms with Crippen LogP contribution in [0.5, 0.6) is 0 Å². The van der Waals surface area contributed by atoms with Crippen molar-refractivity contribution in [1.29, 1.82) is 0 Å². The van der Waals surface area contributed by atoms with Gasteiger partial charge in [0, 0.05) is 0 Å². The zero-order chi connectivity index (χ0) is 13.7. The maximum absolute atomic E-state index is 12.5. The molecule has 2 saturated carbocycles. The minimum atomic E-state index is -5.46. The molecule has 0 amide bonds. The van der Waals surface area contributed by atoms with Crippen LogP contribution >= 0.6 is 0 Å². The smallest absolute Gasteiger partial charge is 0.392 e. The van der Waals surface area contributed by atoms with Gasteiger partial charge in [0.15, 0.2) is 5.92 Å². The van der Waals surface area contributed by atoms with Crippen molar-refractivity contribution in [2.24, 2.45) is 23.7 Å². The Hall–Kier alpha value is -0.460. The summed E-state index contributed by atoms with van der Waals surface area (Å²) in [6.45, 7) is 0. The molecule has 2 fully saturated rings. The van der Waals surface area contributed by atoms with Gasteiger partial charge >= 0.3 is 12.4 Å². The number of halogens is 6. The summed E-state index contributed by atoms with van der Waals surface area (Å²) in [6, 6.07) is 0. The number of fused-ring (bicyclic) bond motifs is 2. The Morgan fingerprint density at radius 1 is 1.00 bits per heavy atom. The van der Waals surface area contributed by atoms with Gasteiger partial charge in [0.05, 0.1) is 6.10 Å². The number of hydrogen-bond donors (Lipinski definition) is 1. The van der Waals surface area contributed by atoms with Gasteiger partial charge in [-0.05, 0) is 43.4 Å². The quantitative estimate of drug-likeness (QED) is 0.766. The molecule has 0 aromatic heterocycles. The minimum Gasteiger partial charge on any atom is -0.392 e. The van der Waals surface area contributed by atoms with Gasteiger partial charge in [-0.2, -0.15) is 26.3 Å². The summed E-state index contributed by atoms with van der Waals surface area (Å²) < 4.78 is 74.8. The highest BCUT2D eigenvalue weighted by Crippen LogP contribution is 2.53. The fourth-order valence-corrected chi connectivity index (χ4v) is 3.27. The van der Waals surface area contributed by atoms with Crippen molar-refractivity contribution in [3.8, 4) is 0 Å². The molecule has 0 saturated heterocycles. The van der Waals surface area contributed by atoms with Crippen molar-refractivity contribution < 1.29 is 31.4 Å². The molecule has 1 N–H and O–H groups in total. The molecule has 2 aliphatic carbocycles. The maximum Gasteiger partial charge on any atom is 0.403 e. The molecule has 0 aromatic rings. The molecule has 105 valence electrons. The fourth-order valence-electron chi connectivity index (χ4n) is 3.27. The van der Waals surface area contributed by atoms with Crippen LogP contribution < -0.4 is 0 Å². The Labute approximate surface area is 100 Å². The van der Waals surface area contributed by atoms with E-state index in [-0.39, 0.29) is 18.3 Å². The first kappa shape index (κ1) is 14.0. The van der Waals surface area contributed by atoms with Crippen molar-refractivity contribution in [1.82, 2.24) is 0 Å². The van der Waals surface area contributed by atoms with E-state index in [0.29, 0.717) is 12.8 Å². The third-order valence-corrected chi connectivity index (χ3v) is 4.04.